The Morgan fingerprint density at radius 2 is 0.632 bits per heavy atom. The molecule has 0 spiro atoms. The van der Waals surface area contributed by atoms with E-state index in [1.54, 1.807) is 0 Å². The monoisotopic (exact) mass is 960 g/mol. The van der Waals surface area contributed by atoms with E-state index in [2.05, 4.69) is 43.5 Å². The Hall–Kier alpha value is -1.21. The summed E-state index contributed by atoms with van der Waals surface area (Å²) in [6, 6.07) is -0.983. The van der Waals surface area contributed by atoms with E-state index in [0.29, 0.717) is 12.8 Å². The van der Waals surface area contributed by atoms with Crippen LogP contribution in [-0.4, -0.2) is 57.3 Å². The van der Waals surface area contributed by atoms with Gasteiger partial charge in [0, 0.05) is 0 Å². The van der Waals surface area contributed by atoms with Gasteiger partial charge in [0.15, 0.2) is 0 Å². The highest BCUT2D eigenvalue weighted by Crippen LogP contribution is 2.18. The molecule has 6 heteroatoms. The fourth-order valence-electron chi connectivity index (χ4n) is 9.85. The van der Waals surface area contributed by atoms with E-state index >= 15 is 0 Å². The molecule has 1 amide bonds. The van der Waals surface area contributed by atoms with Crippen molar-refractivity contribution in [2.45, 2.75) is 359 Å². The third-order valence-corrected chi connectivity index (χ3v) is 14.7. The highest BCUT2D eigenvalue weighted by Gasteiger charge is 2.28. The minimum absolute atomic E-state index is 0.372. The Labute approximate surface area is 425 Å². The summed E-state index contributed by atoms with van der Waals surface area (Å²) >= 11 is 0. The summed E-state index contributed by atoms with van der Waals surface area (Å²) < 4.78 is 0. The molecule has 0 saturated carbocycles. The van der Waals surface area contributed by atoms with Gasteiger partial charge in [0.05, 0.1) is 18.8 Å². The molecule has 0 aliphatic heterocycles. The van der Waals surface area contributed by atoms with E-state index in [1.165, 1.54) is 263 Å². The van der Waals surface area contributed by atoms with Gasteiger partial charge in [-0.2, -0.15) is 0 Å². The Bertz CT molecular complexity index is 1030. The minimum Gasteiger partial charge on any atom is -0.394 e. The first-order chi connectivity index (χ1) is 33.5. The van der Waals surface area contributed by atoms with Gasteiger partial charge in [0.1, 0.15) is 12.2 Å². The molecule has 0 aliphatic carbocycles. The van der Waals surface area contributed by atoms with Crippen LogP contribution in [0.3, 0.4) is 0 Å². The van der Waals surface area contributed by atoms with Crippen molar-refractivity contribution in [1.82, 2.24) is 5.32 Å². The van der Waals surface area contributed by atoms with Crippen LogP contribution in [0.4, 0.5) is 0 Å². The van der Waals surface area contributed by atoms with Crippen molar-refractivity contribution in [2.75, 3.05) is 6.61 Å². The molecular weight excluding hydrogens is 839 g/mol. The second-order valence-corrected chi connectivity index (χ2v) is 21.4. The lowest BCUT2D eigenvalue weighted by atomic mass is 9.99. The number of hydrogen-bond donors (Lipinski definition) is 5. The van der Waals surface area contributed by atoms with Gasteiger partial charge in [-0.05, 0) is 44.9 Å². The van der Waals surface area contributed by atoms with Crippen LogP contribution >= 0.6 is 0 Å². The fraction of sp³-hybridized carbons (Fsp3) is 0.919. The highest BCUT2D eigenvalue weighted by atomic mass is 16.3. The molecule has 4 atom stereocenters. The van der Waals surface area contributed by atoms with Gasteiger partial charge in [-0.3, -0.25) is 4.79 Å². The molecule has 0 rings (SSSR count). The molecule has 0 saturated heterocycles. The van der Waals surface area contributed by atoms with Crippen LogP contribution in [0.2, 0.25) is 0 Å². The second kappa shape index (κ2) is 56.7. The van der Waals surface area contributed by atoms with Gasteiger partial charge >= 0.3 is 0 Å². The third-order valence-electron chi connectivity index (χ3n) is 14.7. The molecule has 6 nitrogen and oxygen atoms in total. The van der Waals surface area contributed by atoms with Crippen molar-refractivity contribution in [3.05, 3.63) is 24.3 Å². The summed E-state index contributed by atoms with van der Waals surface area (Å²) in [5.74, 6) is -0.579. The van der Waals surface area contributed by atoms with Crippen molar-refractivity contribution in [2.24, 2.45) is 0 Å². The van der Waals surface area contributed by atoms with Crippen LogP contribution in [0, 0.1) is 0 Å². The number of aliphatic hydroxyl groups is 4. The van der Waals surface area contributed by atoms with Gasteiger partial charge in [0.2, 0.25) is 5.91 Å². The zero-order valence-corrected chi connectivity index (χ0v) is 45.9. The quantitative estimate of drug-likeness (QED) is 0.0308. The van der Waals surface area contributed by atoms with E-state index in [0.717, 1.165) is 44.9 Å². The molecule has 0 aromatic heterocycles. The Kier molecular flexibility index (Phi) is 55.7. The van der Waals surface area contributed by atoms with Crippen LogP contribution in [0.15, 0.2) is 24.3 Å². The lowest BCUT2D eigenvalue weighted by molar-refractivity contribution is -0.132. The van der Waals surface area contributed by atoms with E-state index < -0.39 is 36.9 Å². The first-order valence-corrected chi connectivity index (χ1v) is 30.7. The normalized spacial score (nSPS) is 13.8. The predicted octanol–water partition coefficient (Wildman–Crippen LogP) is 18.2. The lowest BCUT2D eigenvalue weighted by Gasteiger charge is -2.27. The zero-order chi connectivity index (χ0) is 49.5. The Morgan fingerprint density at radius 3 is 0.926 bits per heavy atom. The first kappa shape index (κ1) is 66.8. The number of hydrogen-bond acceptors (Lipinski definition) is 5. The topological polar surface area (TPSA) is 110 Å². The van der Waals surface area contributed by atoms with Gasteiger partial charge in [0.25, 0.3) is 0 Å². The number of aliphatic hydroxyl groups excluding tert-OH is 4. The number of allylic oxidation sites excluding steroid dienone is 4. The van der Waals surface area contributed by atoms with Gasteiger partial charge < -0.3 is 25.7 Å². The molecule has 0 fully saturated rings. The number of unbranched alkanes of at least 4 members (excludes halogenated alkanes) is 44. The Balaban J connectivity index is 3.52. The van der Waals surface area contributed by atoms with Crippen molar-refractivity contribution in [3.63, 3.8) is 0 Å². The van der Waals surface area contributed by atoms with E-state index in [4.69, 9.17) is 0 Å². The molecule has 68 heavy (non-hydrogen) atoms. The first-order valence-electron chi connectivity index (χ1n) is 30.7. The molecule has 0 aromatic rings. The molecule has 0 aliphatic rings. The molecule has 404 valence electrons. The number of carbonyl (C=O) groups is 1. The van der Waals surface area contributed by atoms with Crippen molar-refractivity contribution >= 4 is 5.91 Å². The number of amides is 1. The van der Waals surface area contributed by atoms with E-state index in [9.17, 15) is 25.2 Å². The summed E-state index contributed by atoms with van der Waals surface area (Å²) in [5.41, 5.74) is 0. The number of rotatable bonds is 57. The summed E-state index contributed by atoms with van der Waals surface area (Å²) in [6.45, 7) is 4.08. The van der Waals surface area contributed by atoms with Crippen LogP contribution in [-0.2, 0) is 4.79 Å². The van der Waals surface area contributed by atoms with E-state index in [-0.39, 0.29) is 0 Å². The largest absolute Gasteiger partial charge is 0.394 e. The average Bonchev–Trinajstić information content (AvgIpc) is 3.34. The molecule has 0 heterocycles. The molecule has 0 aromatic carbocycles. The smallest absolute Gasteiger partial charge is 0.249 e. The van der Waals surface area contributed by atoms with Gasteiger partial charge in [-0.1, -0.05) is 314 Å². The maximum atomic E-state index is 12.6. The standard InChI is InChI=1S/C62H121NO5/c1-3-5-7-9-11-13-15-17-19-20-21-22-23-24-25-26-27-28-29-30-31-32-33-34-35-36-37-38-39-40-41-42-44-46-48-50-52-54-56-60(66)62(68)63-58(57-64)61(67)59(65)55-53-51-49-47-45-43-18-16-14-12-10-8-6-4-2/h27-28,30-31,58-61,64-67H,3-26,29,32-57H2,1-2H3,(H,63,68)/b28-27-,31-30-. The Morgan fingerprint density at radius 1 is 0.368 bits per heavy atom. The van der Waals surface area contributed by atoms with Crippen molar-refractivity contribution in [1.29, 1.82) is 0 Å². The number of nitrogens with one attached hydrogen (secondary N) is 1. The van der Waals surface area contributed by atoms with Crippen LogP contribution in [0.1, 0.15) is 335 Å². The van der Waals surface area contributed by atoms with Crippen LogP contribution in [0.5, 0.6) is 0 Å². The molecule has 4 unspecified atom stereocenters. The average molecular weight is 961 g/mol. The minimum atomic E-state index is -1.26. The summed E-state index contributed by atoms with van der Waals surface area (Å²) in [4.78, 5) is 12.6. The van der Waals surface area contributed by atoms with E-state index in [1.807, 2.05) is 0 Å². The fourth-order valence-corrected chi connectivity index (χ4v) is 9.85. The second-order valence-electron chi connectivity index (χ2n) is 21.4. The molecule has 5 N–H and O–H groups in total. The molecule has 0 radical (unpaired) electrons. The third kappa shape index (κ3) is 49.8. The zero-order valence-electron chi connectivity index (χ0n) is 45.9. The van der Waals surface area contributed by atoms with Crippen LogP contribution < -0.4 is 5.32 Å². The van der Waals surface area contributed by atoms with Crippen LogP contribution in [0.25, 0.3) is 0 Å². The summed E-state index contributed by atoms with van der Waals surface area (Å²) in [6.07, 6.45) is 69.9. The molecule has 0 bridgehead atoms. The summed E-state index contributed by atoms with van der Waals surface area (Å²) in [7, 11) is 0. The molecular formula is C62H121NO5. The maximum absolute atomic E-state index is 12.6. The maximum Gasteiger partial charge on any atom is 0.249 e. The SMILES string of the molecule is CCCCCCCCCCCCCCCCC/C=C\C/C=C\CCCCCCCCCCCCCCCCCCC(O)C(=O)NC(CO)C(O)C(O)CCCCCCCCCCCCCCCC. The highest BCUT2D eigenvalue weighted by molar-refractivity contribution is 5.80. The van der Waals surface area contributed by atoms with Gasteiger partial charge in [-0.25, -0.2) is 0 Å². The number of carbonyl (C=O) groups excluding carboxylic acids is 1. The van der Waals surface area contributed by atoms with Crippen molar-refractivity contribution in [3.8, 4) is 0 Å². The van der Waals surface area contributed by atoms with Gasteiger partial charge in [-0.15, -0.1) is 0 Å². The predicted molar refractivity (Wildman–Crippen MR) is 298 cm³/mol. The summed E-state index contributed by atoms with van der Waals surface area (Å²) in [5, 5.41) is 43.9. The lowest BCUT2D eigenvalue weighted by Crippen LogP contribution is -2.53. The van der Waals surface area contributed by atoms with Crippen molar-refractivity contribution < 1.29 is 25.2 Å².